The van der Waals surface area contributed by atoms with Crippen LogP contribution < -0.4 is 14.4 Å². The van der Waals surface area contributed by atoms with E-state index in [1.165, 1.54) is 7.11 Å². The zero-order valence-electron chi connectivity index (χ0n) is 17.9. The molecule has 30 heavy (non-hydrogen) atoms. The van der Waals surface area contributed by atoms with Gasteiger partial charge >= 0.3 is 0 Å². The van der Waals surface area contributed by atoms with Crippen LogP contribution >= 0.6 is 0 Å². The summed E-state index contributed by atoms with van der Waals surface area (Å²) in [5.41, 5.74) is 1.33. The molecule has 0 bridgehead atoms. The number of nitrogens with one attached hydrogen (secondary N) is 1. The summed E-state index contributed by atoms with van der Waals surface area (Å²) in [6.45, 7) is 6.39. The Kier molecular flexibility index (Phi) is 8.68. The molecule has 0 heterocycles. The number of aryl methyl sites for hydroxylation is 1. The highest BCUT2D eigenvalue weighted by molar-refractivity contribution is 7.92. The van der Waals surface area contributed by atoms with Gasteiger partial charge in [-0.25, -0.2) is 8.42 Å². The number of sulfonamides is 1. The lowest BCUT2D eigenvalue weighted by Gasteiger charge is -2.24. The number of ether oxygens (including phenoxy) is 2. The molecule has 164 valence electrons. The van der Waals surface area contributed by atoms with Gasteiger partial charge in [0.2, 0.25) is 5.91 Å². The van der Waals surface area contributed by atoms with Gasteiger partial charge in [-0.15, -0.1) is 0 Å². The average molecular weight is 435 g/mol. The predicted octanol–water partition coefficient (Wildman–Crippen LogP) is 3.13. The first-order valence-corrected chi connectivity index (χ1v) is 11.3. The molecule has 0 atom stereocenters. The van der Waals surface area contributed by atoms with Gasteiger partial charge in [0, 0.05) is 13.2 Å². The second-order valence-corrected chi connectivity index (χ2v) is 9.01. The summed E-state index contributed by atoms with van der Waals surface area (Å²) in [7, 11) is -2.39. The van der Waals surface area contributed by atoms with Crippen molar-refractivity contribution in [2.24, 2.45) is 0 Å². The van der Waals surface area contributed by atoms with Crippen molar-refractivity contribution in [2.45, 2.75) is 38.2 Å². The largest absolute Gasteiger partial charge is 0.497 e. The summed E-state index contributed by atoms with van der Waals surface area (Å²) in [4.78, 5) is 12.6. The Labute approximate surface area is 179 Å². The van der Waals surface area contributed by atoms with Gasteiger partial charge in [-0.2, -0.15) is 0 Å². The molecule has 0 aliphatic carbocycles. The van der Waals surface area contributed by atoms with Crippen LogP contribution in [0.5, 0.6) is 5.75 Å². The van der Waals surface area contributed by atoms with E-state index in [1.807, 2.05) is 20.8 Å². The van der Waals surface area contributed by atoms with E-state index in [0.717, 1.165) is 9.87 Å². The molecule has 0 saturated carbocycles. The number of rotatable bonds is 11. The number of amides is 1. The van der Waals surface area contributed by atoms with Crippen molar-refractivity contribution in [3.8, 4) is 5.75 Å². The van der Waals surface area contributed by atoms with Crippen LogP contribution in [0.4, 0.5) is 5.69 Å². The Hall–Kier alpha value is -2.58. The maximum absolute atomic E-state index is 13.3. The number of nitrogens with zero attached hydrogens (tertiary/aromatic N) is 1. The van der Waals surface area contributed by atoms with E-state index in [1.54, 1.807) is 48.5 Å². The third-order valence-electron chi connectivity index (χ3n) is 4.35. The van der Waals surface area contributed by atoms with Gasteiger partial charge < -0.3 is 14.8 Å². The smallest absolute Gasteiger partial charge is 0.264 e. The van der Waals surface area contributed by atoms with Crippen molar-refractivity contribution in [2.75, 3.05) is 31.1 Å². The number of carbonyl (C=O) groups excluding carboxylic acids is 1. The van der Waals surface area contributed by atoms with Crippen LogP contribution in [0.25, 0.3) is 0 Å². The highest BCUT2D eigenvalue weighted by atomic mass is 32.2. The maximum atomic E-state index is 13.3. The van der Waals surface area contributed by atoms with Crippen molar-refractivity contribution in [1.82, 2.24) is 5.32 Å². The van der Waals surface area contributed by atoms with Gasteiger partial charge in [0.25, 0.3) is 10.0 Å². The van der Waals surface area contributed by atoms with Crippen LogP contribution in [-0.2, 0) is 19.6 Å². The zero-order chi connectivity index (χ0) is 22.1. The summed E-state index contributed by atoms with van der Waals surface area (Å²) in [6, 6.07) is 13.1. The topological polar surface area (TPSA) is 84.9 Å². The summed E-state index contributed by atoms with van der Waals surface area (Å²) in [5, 5.41) is 2.76. The summed E-state index contributed by atoms with van der Waals surface area (Å²) in [5.74, 6) is 0.215. The van der Waals surface area contributed by atoms with Crippen LogP contribution in [-0.4, -0.2) is 47.2 Å². The molecule has 0 radical (unpaired) electrons. The number of hydrogen-bond acceptors (Lipinski definition) is 5. The van der Waals surface area contributed by atoms with Gasteiger partial charge in [-0.3, -0.25) is 9.10 Å². The lowest BCUT2D eigenvalue weighted by molar-refractivity contribution is -0.119. The first kappa shape index (κ1) is 23.7. The Morgan fingerprint density at radius 2 is 1.70 bits per heavy atom. The molecular formula is C22H30N2O5S. The number of benzene rings is 2. The Balaban J connectivity index is 2.19. The SMILES string of the molecule is COc1ccc(N(CC(=O)NCCCOC(C)C)S(=O)(=O)c2ccc(C)cc2)cc1. The standard InChI is InChI=1S/C22H30N2O5S/c1-17(2)29-15-5-14-23-22(25)16-24(19-8-10-20(28-4)11-9-19)30(26,27)21-12-6-18(3)7-13-21/h6-13,17H,5,14-16H2,1-4H3,(H,23,25). The molecule has 0 unspecified atom stereocenters. The second-order valence-electron chi connectivity index (χ2n) is 7.15. The van der Waals surface area contributed by atoms with Gasteiger partial charge in [-0.1, -0.05) is 17.7 Å². The van der Waals surface area contributed by atoms with E-state index in [9.17, 15) is 13.2 Å². The molecule has 0 aromatic heterocycles. The highest BCUT2D eigenvalue weighted by Gasteiger charge is 2.27. The lowest BCUT2D eigenvalue weighted by Crippen LogP contribution is -2.41. The average Bonchev–Trinajstić information content (AvgIpc) is 2.72. The van der Waals surface area contributed by atoms with E-state index in [2.05, 4.69) is 5.32 Å². The Bertz CT molecular complexity index is 910. The van der Waals surface area contributed by atoms with Crippen molar-refractivity contribution in [3.05, 3.63) is 54.1 Å². The maximum Gasteiger partial charge on any atom is 0.264 e. The molecular weight excluding hydrogens is 404 g/mol. The molecule has 0 fully saturated rings. The van der Waals surface area contributed by atoms with Crippen molar-refractivity contribution >= 4 is 21.6 Å². The first-order chi connectivity index (χ1) is 14.2. The molecule has 2 rings (SSSR count). The zero-order valence-corrected chi connectivity index (χ0v) is 18.7. The second kappa shape index (κ2) is 11.0. The summed E-state index contributed by atoms with van der Waals surface area (Å²) in [6.07, 6.45) is 0.780. The third kappa shape index (κ3) is 6.74. The van der Waals surface area contributed by atoms with Crippen molar-refractivity contribution < 1.29 is 22.7 Å². The number of hydrogen-bond donors (Lipinski definition) is 1. The van der Waals surface area contributed by atoms with E-state index >= 15 is 0 Å². The molecule has 8 heteroatoms. The van der Waals surface area contributed by atoms with Crippen LogP contribution in [0.2, 0.25) is 0 Å². The Morgan fingerprint density at radius 1 is 1.07 bits per heavy atom. The molecule has 7 nitrogen and oxygen atoms in total. The molecule has 0 aliphatic rings. The molecule has 2 aromatic carbocycles. The normalized spacial score (nSPS) is 11.4. The minimum Gasteiger partial charge on any atom is -0.497 e. The fraction of sp³-hybridized carbons (Fsp3) is 0.409. The number of anilines is 1. The minimum atomic E-state index is -3.93. The third-order valence-corrected chi connectivity index (χ3v) is 6.14. The quantitative estimate of drug-likeness (QED) is 0.549. The minimum absolute atomic E-state index is 0.127. The van der Waals surface area contributed by atoms with Crippen LogP contribution in [0.15, 0.2) is 53.4 Å². The van der Waals surface area contributed by atoms with Gasteiger partial charge in [0.1, 0.15) is 12.3 Å². The fourth-order valence-electron chi connectivity index (χ4n) is 2.71. The van der Waals surface area contributed by atoms with E-state index in [4.69, 9.17) is 9.47 Å². The van der Waals surface area contributed by atoms with Gasteiger partial charge in [0.05, 0.1) is 23.8 Å². The first-order valence-electron chi connectivity index (χ1n) is 9.86. The number of methoxy groups -OCH3 is 1. The molecule has 0 saturated heterocycles. The van der Waals surface area contributed by atoms with Crippen LogP contribution in [0, 0.1) is 6.92 Å². The molecule has 2 aromatic rings. The van der Waals surface area contributed by atoms with E-state index in [-0.39, 0.29) is 23.5 Å². The molecule has 1 amide bonds. The lowest BCUT2D eigenvalue weighted by atomic mass is 10.2. The molecule has 0 spiro atoms. The predicted molar refractivity (Wildman–Crippen MR) is 117 cm³/mol. The van der Waals surface area contributed by atoms with E-state index < -0.39 is 10.0 Å². The van der Waals surface area contributed by atoms with Crippen LogP contribution in [0.3, 0.4) is 0 Å². The Morgan fingerprint density at radius 3 is 2.27 bits per heavy atom. The van der Waals surface area contributed by atoms with Gasteiger partial charge in [-0.05, 0) is 63.6 Å². The van der Waals surface area contributed by atoms with Crippen molar-refractivity contribution in [3.63, 3.8) is 0 Å². The monoisotopic (exact) mass is 434 g/mol. The molecule has 0 aliphatic heterocycles. The van der Waals surface area contributed by atoms with Crippen molar-refractivity contribution in [1.29, 1.82) is 0 Å². The summed E-state index contributed by atoms with van der Waals surface area (Å²) < 4.78 is 38.3. The van der Waals surface area contributed by atoms with E-state index in [0.29, 0.717) is 31.0 Å². The molecule has 1 N–H and O–H groups in total. The highest BCUT2D eigenvalue weighted by Crippen LogP contribution is 2.25. The number of carbonyl (C=O) groups is 1. The van der Waals surface area contributed by atoms with Gasteiger partial charge in [0.15, 0.2) is 0 Å². The summed E-state index contributed by atoms with van der Waals surface area (Å²) >= 11 is 0. The fourth-order valence-corrected chi connectivity index (χ4v) is 4.13. The van der Waals surface area contributed by atoms with Crippen LogP contribution in [0.1, 0.15) is 25.8 Å².